The Hall–Kier alpha value is -2.10. The van der Waals surface area contributed by atoms with Gasteiger partial charge in [-0.15, -0.1) is 0 Å². The van der Waals surface area contributed by atoms with Gasteiger partial charge in [0.2, 0.25) is 0 Å². The molecule has 0 aliphatic rings. The number of hydrogen-bond donors (Lipinski definition) is 1. The Morgan fingerprint density at radius 3 is 3.00 bits per heavy atom. The van der Waals surface area contributed by atoms with E-state index in [1.807, 2.05) is 13.0 Å². The lowest BCUT2D eigenvalue weighted by Gasteiger charge is -2.02. The smallest absolute Gasteiger partial charge is 0.116 e. The largest absolute Gasteiger partial charge is 0.308 e. The van der Waals surface area contributed by atoms with Crippen LogP contribution < -0.4 is 0 Å². The second-order valence-corrected chi connectivity index (χ2v) is 2.68. The van der Waals surface area contributed by atoms with Crippen molar-refractivity contribution in [2.45, 2.75) is 6.92 Å². The van der Waals surface area contributed by atoms with E-state index in [2.05, 4.69) is 21.5 Å². The predicted molar refractivity (Wildman–Crippen MR) is 62.3 cm³/mol. The first-order chi connectivity index (χ1) is 7.33. The Labute approximate surface area is 88.6 Å². The molecule has 0 saturated heterocycles. The van der Waals surface area contributed by atoms with Gasteiger partial charge in [-0.1, -0.05) is 12.7 Å². The molecule has 0 unspecified atom stereocenters. The fourth-order valence-corrected chi connectivity index (χ4v) is 1.09. The van der Waals surface area contributed by atoms with Gasteiger partial charge < -0.3 is 5.41 Å². The molecule has 0 atom stereocenters. The minimum absolute atomic E-state index is 0.668. The van der Waals surface area contributed by atoms with Crippen LogP contribution in [0.5, 0.6) is 0 Å². The van der Waals surface area contributed by atoms with Crippen LogP contribution in [0.2, 0.25) is 0 Å². The maximum Gasteiger partial charge on any atom is 0.116 e. The lowest BCUT2D eigenvalue weighted by Crippen LogP contribution is -1.98. The van der Waals surface area contributed by atoms with Crippen LogP contribution in [0.4, 0.5) is 0 Å². The zero-order valence-corrected chi connectivity index (χ0v) is 8.51. The molecule has 0 aliphatic carbocycles. The first-order valence-electron chi connectivity index (χ1n) is 4.44. The summed E-state index contributed by atoms with van der Waals surface area (Å²) in [4.78, 5) is 11.9. The Balaban J connectivity index is 3.18. The molecule has 0 bridgehead atoms. The van der Waals surface area contributed by atoms with Gasteiger partial charge in [0.15, 0.2) is 0 Å². The van der Waals surface area contributed by atoms with Crippen LogP contribution in [0.3, 0.4) is 0 Å². The first-order valence-corrected chi connectivity index (χ1v) is 4.44. The van der Waals surface area contributed by atoms with Crippen molar-refractivity contribution in [3.05, 3.63) is 42.6 Å². The minimum atomic E-state index is 0.668. The quantitative estimate of drug-likeness (QED) is 0.756. The first kappa shape index (κ1) is 11.0. The topological polar surface area (TPSA) is 62.0 Å². The summed E-state index contributed by atoms with van der Waals surface area (Å²) < 4.78 is 0. The van der Waals surface area contributed by atoms with E-state index < -0.39 is 0 Å². The van der Waals surface area contributed by atoms with E-state index in [-0.39, 0.29) is 0 Å². The number of hydrogen-bond acceptors (Lipinski definition) is 4. The summed E-state index contributed by atoms with van der Waals surface area (Å²) in [6.45, 7) is 5.39. The number of rotatable bonds is 4. The molecule has 1 N–H and O–H groups in total. The lowest BCUT2D eigenvalue weighted by atomic mass is 10.1. The second-order valence-electron chi connectivity index (χ2n) is 2.68. The molecule has 1 rings (SSSR count). The van der Waals surface area contributed by atoms with E-state index in [0.29, 0.717) is 11.3 Å². The third kappa shape index (κ3) is 2.67. The van der Waals surface area contributed by atoms with Crippen LogP contribution >= 0.6 is 0 Å². The number of allylic oxidation sites excluding steroid dienone is 2. The number of nitrogens with one attached hydrogen (secondary N) is 1. The lowest BCUT2D eigenvalue weighted by molar-refractivity contribution is 1.14. The van der Waals surface area contributed by atoms with E-state index in [0.717, 1.165) is 5.57 Å². The average molecular weight is 200 g/mol. The van der Waals surface area contributed by atoms with E-state index in [4.69, 9.17) is 5.41 Å². The Morgan fingerprint density at radius 2 is 2.40 bits per heavy atom. The monoisotopic (exact) mass is 200 g/mol. The number of aliphatic imine (C=N–C) groups is 1. The molecule has 0 aliphatic heterocycles. The fraction of sp³-hybridized carbons (Fsp3) is 0.0909. The van der Waals surface area contributed by atoms with Crippen molar-refractivity contribution in [2.75, 3.05) is 0 Å². The predicted octanol–water partition coefficient (Wildman–Crippen LogP) is 2.09. The third-order valence-electron chi connectivity index (χ3n) is 1.80. The van der Waals surface area contributed by atoms with E-state index >= 15 is 0 Å². The van der Waals surface area contributed by atoms with Crippen LogP contribution in [0.1, 0.15) is 18.2 Å². The van der Waals surface area contributed by atoms with Gasteiger partial charge in [-0.05, 0) is 6.92 Å². The van der Waals surface area contributed by atoms with Crippen molar-refractivity contribution in [3.8, 4) is 0 Å². The standard InChI is InChI=1S/C11H12N4/c1-3-9(6-13-4-2)11-10(5-12)7-14-8-15-11/h3-8,12H,2H2,1H3/b9-3+,12-5?,13-6-. The second kappa shape index (κ2) is 5.59. The van der Waals surface area contributed by atoms with E-state index in [9.17, 15) is 0 Å². The SMILES string of the molecule is C=C/N=C\C(=C/C)c1ncncc1C=N. The van der Waals surface area contributed by atoms with Crippen molar-refractivity contribution < 1.29 is 0 Å². The molecule has 0 spiro atoms. The summed E-state index contributed by atoms with van der Waals surface area (Å²) in [5, 5.41) is 7.23. The molecular formula is C11H12N4. The maximum absolute atomic E-state index is 7.23. The zero-order chi connectivity index (χ0) is 11.1. The molecule has 0 amide bonds. The molecule has 76 valence electrons. The van der Waals surface area contributed by atoms with Crippen molar-refractivity contribution in [2.24, 2.45) is 4.99 Å². The van der Waals surface area contributed by atoms with Gasteiger partial charge in [0, 0.05) is 36.0 Å². The molecule has 1 heterocycles. The summed E-state index contributed by atoms with van der Waals surface area (Å²) in [5.74, 6) is 0. The summed E-state index contributed by atoms with van der Waals surface area (Å²) >= 11 is 0. The van der Waals surface area contributed by atoms with Crippen LogP contribution in [-0.4, -0.2) is 22.4 Å². The zero-order valence-electron chi connectivity index (χ0n) is 8.51. The van der Waals surface area contributed by atoms with Gasteiger partial charge in [0.25, 0.3) is 0 Å². The average Bonchev–Trinajstić information content (AvgIpc) is 2.30. The van der Waals surface area contributed by atoms with Gasteiger partial charge in [-0.25, -0.2) is 9.97 Å². The van der Waals surface area contributed by atoms with E-state index in [1.165, 1.54) is 18.7 Å². The Bertz CT molecular complexity index is 418. The van der Waals surface area contributed by atoms with Crippen molar-refractivity contribution in [1.29, 1.82) is 5.41 Å². The molecule has 4 nitrogen and oxygen atoms in total. The fourth-order valence-electron chi connectivity index (χ4n) is 1.09. The minimum Gasteiger partial charge on any atom is -0.308 e. The number of aromatic nitrogens is 2. The number of nitrogens with zero attached hydrogens (tertiary/aromatic N) is 3. The van der Waals surface area contributed by atoms with Gasteiger partial charge in [0.05, 0.1) is 5.69 Å². The molecular weight excluding hydrogens is 188 g/mol. The summed E-state index contributed by atoms with van der Waals surface area (Å²) in [6.07, 6.45) is 9.26. The molecule has 15 heavy (non-hydrogen) atoms. The van der Waals surface area contributed by atoms with Crippen LogP contribution in [0.25, 0.3) is 5.57 Å². The Kier molecular flexibility index (Phi) is 4.09. The molecule has 1 aromatic rings. The van der Waals surface area contributed by atoms with Crippen molar-refractivity contribution >= 4 is 18.0 Å². The highest BCUT2D eigenvalue weighted by Crippen LogP contribution is 2.12. The van der Waals surface area contributed by atoms with Gasteiger partial charge in [-0.2, -0.15) is 0 Å². The molecule has 0 radical (unpaired) electrons. The molecule has 0 aromatic carbocycles. The van der Waals surface area contributed by atoms with Crippen molar-refractivity contribution in [1.82, 2.24) is 9.97 Å². The van der Waals surface area contributed by atoms with E-state index in [1.54, 1.807) is 12.4 Å². The normalized spacial score (nSPS) is 11.7. The van der Waals surface area contributed by atoms with Crippen molar-refractivity contribution in [3.63, 3.8) is 0 Å². The molecule has 0 fully saturated rings. The highest BCUT2D eigenvalue weighted by Gasteiger charge is 2.04. The summed E-state index contributed by atoms with van der Waals surface area (Å²) in [5.41, 5.74) is 2.21. The maximum atomic E-state index is 7.23. The van der Waals surface area contributed by atoms with Gasteiger partial charge in [0.1, 0.15) is 6.33 Å². The van der Waals surface area contributed by atoms with Crippen LogP contribution in [-0.2, 0) is 0 Å². The summed E-state index contributed by atoms with van der Waals surface area (Å²) in [7, 11) is 0. The van der Waals surface area contributed by atoms with Crippen LogP contribution in [0, 0.1) is 5.41 Å². The highest BCUT2D eigenvalue weighted by atomic mass is 14.8. The van der Waals surface area contributed by atoms with Gasteiger partial charge >= 0.3 is 0 Å². The molecule has 1 aromatic heterocycles. The van der Waals surface area contributed by atoms with Gasteiger partial charge in [-0.3, -0.25) is 4.99 Å². The third-order valence-corrected chi connectivity index (χ3v) is 1.80. The molecule has 0 saturated carbocycles. The van der Waals surface area contributed by atoms with Crippen LogP contribution in [0.15, 0.2) is 36.4 Å². The molecule has 4 heteroatoms. The Morgan fingerprint density at radius 1 is 1.60 bits per heavy atom. The summed E-state index contributed by atoms with van der Waals surface area (Å²) in [6, 6.07) is 0. The highest BCUT2D eigenvalue weighted by molar-refractivity contribution is 6.11.